The third kappa shape index (κ3) is 4.71. The van der Waals surface area contributed by atoms with Crippen LogP contribution >= 0.6 is 0 Å². The average Bonchev–Trinajstić information content (AvgIpc) is 2.61. The quantitative estimate of drug-likeness (QED) is 0.784. The first kappa shape index (κ1) is 16.3. The van der Waals surface area contributed by atoms with Crippen LogP contribution in [0.2, 0.25) is 0 Å². The van der Waals surface area contributed by atoms with Crippen molar-refractivity contribution in [3.05, 3.63) is 0 Å². The number of ether oxygens (including phenoxy) is 1. The fraction of sp³-hybridized carbons (Fsp3) is 1.00. The molecule has 1 aliphatic heterocycles. The third-order valence-corrected chi connectivity index (χ3v) is 4.97. The molecule has 1 aliphatic carbocycles. The molecule has 2 atom stereocenters. The third-order valence-electron chi connectivity index (χ3n) is 4.97. The van der Waals surface area contributed by atoms with Crippen molar-refractivity contribution in [1.82, 2.24) is 10.2 Å². The van der Waals surface area contributed by atoms with Gasteiger partial charge in [-0.25, -0.2) is 0 Å². The lowest BCUT2D eigenvalue weighted by atomic mass is 9.79. The average molecular weight is 282 g/mol. The maximum absolute atomic E-state index is 5.89. The highest BCUT2D eigenvalue weighted by Crippen LogP contribution is 2.36. The van der Waals surface area contributed by atoms with Gasteiger partial charge in [0.25, 0.3) is 0 Å². The van der Waals surface area contributed by atoms with Crippen molar-refractivity contribution in [3.8, 4) is 0 Å². The molecule has 118 valence electrons. The molecule has 3 nitrogen and oxygen atoms in total. The molecule has 2 aliphatic rings. The lowest BCUT2D eigenvalue weighted by Gasteiger charge is -2.42. The second-order valence-electron chi connectivity index (χ2n) is 7.15. The van der Waals surface area contributed by atoms with Gasteiger partial charge in [0.05, 0.1) is 12.2 Å². The lowest BCUT2D eigenvalue weighted by molar-refractivity contribution is -0.0788. The molecule has 1 saturated carbocycles. The Labute approximate surface area is 125 Å². The molecule has 0 aromatic carbocycles. The number of nitrogens with zero attached hydrogens (tertiary/aromatic N) is 1. The fourth-order valence-corrected chi connectivity index (χ4v) is 4.15. The molecule has 1 saturated heterocycles. The van der Waals surface area contributed by atoms with Crippen LogP contribution in [0.1, 0.15) is 59.3 Å². The molecule has 1 heterocycles. The maximum Gasteiger partial charge on any atom is 0.0678 e. The van der Waals surface area contributed by atoms with Gasteiger partial charge in [-0.1, -0.05) is 32.6 Å². The number of hydrogen-bond donors (Lipinski definition) is 1. The van der Waals surface area contributed by atoms with Crippen molar-refractivity contribution >= 4 is 0 Å². The van der Waals surface area contributed by atoms with E-state index < -0.39 is 0 Å². The minimum absolute atomic E-state index is 0.390. The molecule has 2 rings (SSSR count). The van der Waals surface area contributed by atoms with Gasteiger partial charge in [0.1, 0.15) is 0 Å². The summed E-state index contributed by atoms with van der Waals surface area (Å²) in [5.74, 6) is 0. The lowest BCUT2D eigenvalue weighted by Crippen LogP contribution is -2.51. The Hall–Kier alpha value is -0.120. The predicted octanol–water partition coefficient (Wildman–Crippen LogP) is 3.05. The van der Waals surface area contributed by atoms with Crippen LogP contribution in [0.25, 0.3) is 0 Å². The summed E-state index contributed by atoms with van der Waals surface area (Å²) in [7, 11) is 0. The summed E-state index contributed by atoms with van der Waals surface area (Å²) in [4.78, 5) is 2.67. The standard InChI is InChI=1S/C17H34N2O/c1-4-18-13-17(9-7-5-6-8-10-17)14-19-11-15(2)20-16(3)12-19/h15-16,18H,4-14H2,1-3H3/t15-,16+. The van der Waals surface area contributed by atoms with E-state index in [1.807, 2.05) is 0 Å². The van der Waals surface area contributed by atoms with E-state index in [2.05, 4.69) is 31.0 Å². The van der Waals surface area contributed by atoms with Gasteiger partial charge < -0.3 is 10.1 Å². The van der Waals surface area contributed by atoms with E-state index in [0.717, 1.165) is 19.6 Å². The van der Waals surface area contributed by atoms with Gasteiger partial charge in [-0.2, -0.15) is 0 Å². The SMILES string of the molecule is CCNCC1(CN2C[C@@H](C)O[C@@H](C)C2)CCCCCC1. The van der Waals surface area contributed by atoms with Crippen LogP contribution in [-0.2, 0) is 4.74 Å². The molecule has 20 heavy (non-hydrogen) atoms. The molecule has 0 bridgehead atoms. The summed E-state index contributed by atoms with van der Waals surface area (Å²) in [5, 5.41) is 3.64. The van der Waals surface area contributed by atoms with Gasteiger partial charge in [-0.05, 0) is 38.6 Å². The second kappa shape index (κ2) is 7.77. The van der Waals surface area contributed by atoms with Crippen molar-refractivity contribution in [2.24, 2.45) is 5.41 Å². The Kier molecular flexibility index (Phi) is 6.31. The summed E-state index contributed by atoms with van der Waals surface area (Å²) in [6.45, 7) is 12.4. The molecule has 0 radical (unpaired) electrons. The van der Waals surface area contributed by atoms with Crippen LogP contribution in [0.5, 0.6) is 0 Å². The Morgan fingerprint density at radius 1 is 1.05 bits per heavy atom. The van der Waals surface area contributed by atoms with Crippen molar-refractivity contribution in [2.75, 3.05) is 32.7 Å². The number of nitrogens with one attached hydrogen (secondary N) is 1. The second-order valence-corrected chi connectivity index (χ2v) is 7.15. The Bertz CT molecular complexity index is 264. The van der Waals surface area contributed by atoms with Crippen LogP contribution in [0.4, 0.5) is 0 Å². The molecule has 1 N–H and O–H groups in total. The van der Waals surface area contributed by atoms with Crippen LogP contribution < -0.4 is 5.32 Å². The van der Waals surface area contributed by atoms with E-state index >= 15 is 0 Å². The van der Waals surface area contributed by atoms with Crippen molar-refractivity contribution in [1.29, 1.82) is 0 Å². The molecular weight excluding hydrogens is 248 g/mol. The van der Waals surface area contributed by atoms with Gasteiger partial charge in [-0.15, -0.1) is 0 Å². The topological polar surface area (TPSA) is 24.5 Å². The van der Waals surface area contributed by atoms with Crippen LogP contribution in [0, 0.1) is 5.41 Å². The Morgan fingerprint density at radius 3 is 2.20 bits per heavy atom. The molecular formula is C17H34N2O. The van der Waals surface area contributed by atoms with E-state index in [9.17, 15) is 0 Å². The van der Waals surface area contributed by atoms with Crippen molar-refractivity contribution < 1.29 is 4.74 Å². The number of morpholine rings is 1. The number of hydrogen-bond acceptors (Lipinski definition) is 3. The normalized spacial score (nSPS) is 31.9. The van der Waals surface area contributed by atoms with Crippen LogP contribution in [0.15, 0.2) is 0 Å². The molecule has 3 heteroatoms. The van der Waals surface area contributed by atoms with E-state index in [1.165, 1.54) is 51.6 Å². The van der Waals surface area contributed by atoms with Gasteiger partial charge in [0.2, 0.25) is 0 Å². The fourth-order valence-electron chi connectivity index (χ4n) is 4.15. The van der Waals surface area contributed by atoms with E-state index in [0.29, 0.717) is 17.6 Å². The molecule has 2 fully saturated rings. The first-order valence-corrected chi connectivity index (χ1v) is 8.72. The minimum atomic E-state index is 0.390. The minimum Gasteiger partial charge on any atom is -0.373 e. The monoisotopic (exact) mass is 282 g/mol. The molecule has 0 spiro atoms. The van der Waals surface area contributed by atoms with Crippen LogP contribution in [0.3, 0.4) is 0 Å². The van der Waals surface area contributed by atoms with Gasteiger partial charge in [-0.3, -0.25) is 4.90 Å². The van der Waals surface area contributed by atoms with Crippen molar-refractivity contribution in [2.45, 2.75) is 71.5 Å². The highest BCUT2D eigenvalue weighted by Gasteiger charge is 2.34. The largest absolute Gasteiger partial charge is 0.373 e. The molecule has 0 unspecified atom stereocenters. The molecule has 0 amide bonds. The first-order valence-electron chi connectivity index (χ1n) is 8.72. The zero-order valence-corrected chi connectivity index (χ0v) is 13.8. The van der Waals surface area contributed by atoms with Crippen LogP contribution in [-0.4, -0.2) is 49.8 Å². The first-order chi connectivity index (χ1) is 9.63. The predicted molar refractivity (Wildman–Crippen MR) is 85.1 cm³/mol. The molecule has 0 aromatic heterocycles. The molecule has 0 aromatic rings. The highest BCUT2D eigenvalue weighted by atomic mass is 16.5. The van der Waals surface area contributed by atoms with E-state index in [4.69, 9.17) is 4.74 Å². The Morgan fingerprint density at radius 2 is 1.65 bits per heavy atom. The van der Waals surface area contributed by atoms with E-state index in [-0.39, 0.29) is 0 Å². The van der Waals surface area contributed by atoms with Gasteiger partial charge in [0.15, 0.2) is 0 Å². The summed E-state index contributed by atoms with van der Waals surface area (Å²) < 4.78 is 5.89. The van der Waals surface area contributed by atoms with Crippen molar-refractivity contribution in [3.63, 3.8) is 0 Å². The summed E-state index contributed by atoms with van der Waals surface area (Å²) in [6, 6.07) is 0. The summed E-state index contributed by atoms with van der Waals surface area (Å²) in [5.41, 5.74) is 0.503. The van der Waals surface area contributed by atoms with Gasteiger partial charge in [0, 0.05) is 26.2 Å². The zero-order chi connectivity index (χ0) is 14.4. The smallest absolute Gasteiger partial charge is 0.0678 e. The summed E-state index contributed by atoms with van der Waals surface area (Å²) in [6.07, 6.45) is 9.29. The highest BCUT2D eigenvalue weighted by molar-refractivity contribution is 4.88. The Balaban J connectivity index is 1.98. The number of rotatable bonds is 5. The maximum atomic E-state index is 5.89. The van der Waals surface area contributed by atoms with E-state index in [1.54, 1.807) is 0 Å². The summed E-state index contributed by atoms with van der Waals surface area (Å²) >= 11 is 0. The zero-order valence-electron chi connectivity index (χ0n) is 13.8. The van der Waals surface area contributed by atoms with Gasteiger partial charge >= 0.3 is 0 Å².